The summed E-state index contributed by atoms with van der Waals surface area (Å²) in [6, 6.07) is 0. The third kappa shape index (κ3) is 3.61. The van der Waals surface area contributed by atoms with Gasteiger partial charge in [0.1, 0.15) is 5.60 Å². The highest BCUT2D eigenvalue weighted by Gasteiger charge is 2.41. The van der Waals surface area contributed by atoms with E-state index in [9.17, 15) is 17.7 Å². The second kappa shape index (κ2) is 4.18. The molecule has 16 heavy (non-hydrogen) atoms. The van der Waals surface area contributed by atoms with Gasteiger partial charge in [0.25, 0.3) is 0 Å². The largest absolute Gasteiger partial charge is 0.483 e. The van der Waals surface area contributed by atoms with Gasteiger partial charge in [0, 0.05) is 13.1 Å². The van der Waals surface area contributed by atoms with Gasteiger partial charge in [-0.3, -0.25) is 0 Å². The van der Waals surface area contributed by atoms with E-state index in [0.717, 1.165) is 4.90 Å². The lowest BCUT2D eigenvalue weighted by atomic mass is 9.72. The smallest absolute Gasteiger partial charge is 0.449 e. The van der Waals surface area contributed by atoms with Gasteiger partial charge >= 0.3 is 13.1 Å². The fourth-order valence-electron chi connectivity index (χ4n) is 1.59. The van der Waals surface area contributed by atoms with Crippen LogP contribution in [-0.2, 0) is 4.74 Å². The molecule has 1 heterocycles. The Hall–Kier alpha value is -0.875. The standard InChI is InChI=1S/C9H16BF3NO2/c1-9(2,3)16-8(15)14-5-4-7(6-14)10(11,12)13/h7H,4-6H2,1-3H3/q-1/t7-/m0/s1. The van der Waals surface area contributed by atoms with Crippen LogP contribution in [0.5, 0.6) is 0 Å². The minimum atomic E-state index is -4.85. The van der Waals surface area contributed by atoms with Crippen LogP contribution in [-0.4, -0.2) is 36.7 Å². The maximum atomic E-state index is 12.4. The van der Waals surface area contributed by atoms with Crippen LogP contribution in [0.25, 0.3) is 0 Å². The van der Waals surface area contributed by atoms with Gasteiger partial charge in [-0.25, -0.2) is 4.79 Å². The first-order valence-electron chi connectivity index (χ1n) is 5.27. The molecule has 1 amide bonds. The van der Waals surface area contributed by atoms with Gasteiger partial charge in [-0.2, -0.15) is 0 Å². The molecule has 1 fully saturated rings. The summed E-state index contributed by atoms with van der Waals surface area (Å²) >= 11 is 0. The number of rotatable bonds is 1. The van der Waals surface area contributed by atoms with E-state index in [4.69, 9.17) is 4.74 Å². The lowest BCUT2D eigenvalue weighted by molar-refractivity contribution is 0.0294. The molecule has 1 rings (SSSR count). The second-order valence-corrected chi connectivity index (χ2v) is 5.10. The number of hydrogen-bond donors (Lipinski definition) is 0. The van der Waals surface area contributed by atoms with Crippen molar-refractivity contribution in [2.45, 2.75) is 38.6 Å². The normalized spacial score (nSPS) is 22.4. The molecule has 1 saturated heterocycles. The highest BCUT2D eigenvalue weighted by molar-refractivity contribution is 6.60. The monoisotopic (exact) mass is 238 g/mol. The Morgan fingerprint density at radius 3 is 2.31 bits per heavy atom. The van der Waals surface area contributed by atoms with Crippen LogP contribution in [0.3, 0.4) is 0 Å². The van der Waals surface area contributed by atoms with Crippen molar-refractivity contribution in [3.63, 3.8) is 0 Å². The molecule has 1 aliphatic rings. The highest BCUT2D eigenvalue weighted by Crippen LogP contribution is 2.35. The van der Waals surface area contributed by atoms with E-state index >= 15 is 0 Å². The molecule has 7 heteroatoms. The number of carbonyl (C=O) groups is 1. The number of carbonyl (C=O) groups excluding carboxylic acids is 1. The Morgan fingerprint density at radius 2 is 1.94 bits per heavy atom. The third-order valence-corrected chi connectivity index (χ3v) is 2.41. The van der Waals surface area contributed by atoms with Crippen molar-refractivity contribution in [3.05, 3.63) is 0 Å². The summed E-state index contributed by atoms with van der Waals surface area (Å²) in [5.41, 5.74) is -0.668. The molecule has 0 radical (unpaired) electrons. The molecule has 0 aromatic carbocycles. The summed E-state index contributed by atoms with van der Waals surface area (Å²) in [5, 5.41) is 0. The van der Waals surface area contributed by atoms with Crippen LogP contribution >= 0.6 is 0 Å². The second-order valence-electron chi connectivity index (χ2n) is 5.10. The minimum absolute atomic E-state index is 0.0112. The number of hydrogen-bond acceptors (Lipinski definition) is 2. The molecule has 0 aromatic rings. The number of amides is 1. The zero-order chi connectivity index (χ0) is 12.6. The average Bonchev–Trinajstić information content (AvgIpc) is 2.46. The van der Waals surface area contributed by atoms with Crippen molar-refractivity contribution >= 4 is 13.1 Å². The summed E-state index contributed by atoms with van der Waals surface area (Å²) in [6.07, 6.45) is -0.669. The van der Waals surface area contributed by atoms with Gasteiger partial charge < -0.3 is 22.6 Å². The molecule has 0 aromatic heterocycles. The van der Waals surface area contributed by atoms with E-state index < -0.39 is 24.5 Å². The number of ether oxygens (including phenoxy) is 1. The number of nitrogens with zero attached hydrogens (tertiary/aromatic N) is 1. The molecule has 0 aliphatic carbocycles. The van der Waals surface area contributed by atoms with Crippen LogP contribution in [0.4, 0.5) is 17.7 Å². The first-order chi connectivity index (χ1) is 7.09. The maximum absolute atomic E-state index is 12.4. The summed E-state index contributed by atoms with van der Waals surface area (Å²) in [6.45, 7) is 0.0674. The summed E-state index contributed by atoms with van der Waals surface area (Å²) in [7, 11) is 0. The fourth-order valence-corrected chi connectivity index (χ4v) is 1.59. The van der Waals surface area contributed by atoms with E-state index in [0.29, 0.717) is 0 Å². The van der Waals surface area contributed by atoms with E-state index in [1.165, 1.54) is 0 Å². The lowest BCUT2D eigenvalue weighted by Crippen LogP contribution is -2.36. The molecule has 1 aliphatic heterocycles. The predicted molar refractivity (Wildman–Crippen MR) is 55.3 cm³/mol. The van der Waals surface area contributed by atoms with Crippen molar-refractivity contribution in [3.8, 4) is 0 Å². The van der Waals surface area contributed by atoms with Crippen molar-refractivity contribution in [1.82, 2.24) is 4.90 Å². The zero-order valence-electron chi connectivity index (χ0n) is 9.67. The van der Waals surface area contributed by atoms with Gasteiger partial charge in [0.2, 0.25) is 0 Å². The van der Waals surface area contributed by atoms with Crippen LogP contribution in [0.15, 0.2) is 0 Å². The lowest BCUT2D eigenvalue weighted by Gasteiger charge is -2.26. The fraction of sp³-hybridized carbons (Fsp3) is 0.889. The summed E-state index contributed by atoms with van der Waals surface area (Å²) < 4.78 is 42.3. The summed E-state index contributed by atoms with van der Waals surface area (Å²) in [4.78, 5) is 12.6. The highest BCUT2D eigenvalue weighted by atomic mass is 19.4. The number of halogens is 3. The van der Waals surface area contributed by atoms with Crippen LogP contribution < -0.4 is 0 Å². The van der Waals surface area contributed by atoms with Crippen molar-refractivity contribution in [2.75, 3.05) is 13.1 Å². The van der Waals surface area contributed by atoms with Gasteiger partial charge in [-0.15, -0.1) is 0 Å². The predicted octanol–water partition coefficient (Wildman–Crippen LogP) is 2.84. The van der Waals surface area contributed by atoms with Crippen molar-refractivity contribution < 1.29 is 22.5 Å². The van der Waals surface area contributed by atoms with Crippen molar-refractivity contribution in [1.29, 1.82) is 0 Å². The molecule has 1 atom stereocenters. The molecular formula is C9H16BF3NO2-. The van der Waals surface area contributed by atoms with Crippen LogP contribution in [0.2, 0.25) is 5.82 Å². The first kappa shape index (κ1) is 13.2. The maximum Gasteiger partial charge on any atom is 0.483 e. The van der Waals surface area contributed by atoms with Gasteiger partial charge in [0.05, 0.1) is 0 Å². The minimum Gasteiger partial charge on any atom is -0.449 e. The average molecular weight is 238 g/mol. The molecule has 0 saturated carbocycles. The van der Waals surface area contributed by atoms with E-state index in [1.807, 2.05) is 0 Å². The Bertz CT molecular complexity index is 275. The molecule has 94 valence electrons. The molecule has 0 N–H and O–H groups in total. The molecular weight excluding hydrogens is 222 g/mol. The van der Waals surface area contributed by atoms with Crippen LogP contribution in [0, 0.1) is 0 Å². The zero-order valence-corrected chi connectivity index (χ0v) is 9.67. The number of likely N-dealkylation sites (tertiary alicyclic amines) is 1. The molecule has 3 nitrogen and oxygen atoms in total. The van der Waals surface area contributed by atoms with Gasteiger partial charge in [-0.1, -0.05) is 12.2 Å². The first-order valence-corrected chi connectivity index (χ1v) is 5.27. The molecule has 0 unspecified atom stereocenters. The van der Waals surface area contributed by atoms with E-state index in [-0.39, 0.29) is 19.5 Å². The Morgan fingerprint density at radius 1 is 1.38 bits per heavy atom. The molecule has 0 spiro atoms. The Labute approximate surface area is 93.0 Å². The Balaban J connectivity index is 2.51. The summed E-state index contributed by atoms with van der Waals surface area (Å²) in [5.74, 6) is -1.35. The van der Waals surface area contributed by atoms with Gasteiger partial charge in [0.15, 0.2) is 0 Å². The SMILES string of the molecule is CC(C)(C)OC(=O)N1CC[C@H]([B-](F)(F)F)C1. The Kier molecular flexibility index (Phi) is 3.45. The topological polar surface area (TPSA) is 29.5 Å². The van der Waals surface area contributed by atoms with E-state index in [2.05, 4.69) is 0 Å². The van der Waals surface area contributed by atoms with E-state index in [1.54, 1.807) is 20.8 Å². The van der Waals surface area contributed by atoms with Gasteiger partial charge in [-0.05, 0) is 20.8 Å². The quantitative estimate of drug-likeness (QED) is 0.657. The van der Waals surface area contributed by atoms with Crippen molar-refractivity contribution in [2.24, 2.45) is 0 Å². The third-order valence-electron chi connectivity index (χ3n) is 2.41. The van der Waals surface area contributed by atoms with Crippen LogP contribution in [0.1, 0.15) is 27.2 Å². The molecule has 0 bridgehead atoms.